The SMILES string of the molecule is C=Cc1ccc(CCCCc2ccc(N(c3ccccc3)c3ccccc3)c(-c3ccccc3)c2)cc1. The van der Waals surface area contributed by atoms with E-state index in [0.717, 1.165) is 30.6 Å². The van der Waals surface area contributed by atoms with E-state index in [9.17, 15) is 0 Å². The van der Waals surface area contributed by atoms with Gasteiger partial charge in [0.25, 0.3) is 0 Å². The number of para-hydroxylation sites is 2. The predicted octanol–water partition coefficient (Wildman–Crippen LogP) is 10.0. The van der Waals surface area contributed by atoms with Crippen LogP contribution >= 0.6 is 0 Å². The van der Waals surface area contributed by atoms with E-state index in [-0.39, 0.29) is 0 Å². The first kappa shape index (κ1) is 24.3. The molecule has 0 saturated heterocycles. The van der Waals surface area contributed by atoms with Crippen LogP contribution in [0.1, 0.15) is 29.5 Å². The maximum absolute atomic E-state index is 3.85. The predicted molar refractivity (Wildman–Crippen MR) is 160 cm³/mol. The van der Waals surface area contributed by atoms with Crippen molar-refractivity contribution in [3.8, 4) is 11.1 Å². The topological polar surface area (TPSA) is 3.24 Å². The van der Waals surface area contributed by atoms with Gasteiger partial charge < -0.3 is 4.90 Å². The van der Waals surface area contributed by atoms with Crippen LogP contribution in [0.2, 0.25) is 0 Å². The Bertz CT molecular complexity index is 1370. The second-order valence-electron chi connectivity index (χ2n) is 9.38. The third-order valence-electron chi connectivity index (χ3n) is 6.81. The molecule has 0 atom stereocenters. The van der Waals surface area contributed by atoms with Crippen LogP contribution in [0.3, 0.4) is 0 Å². The molecule has 182 valence electrons. The first-order chi connectivity index (χ1) is 18.3. The van der Waals surface area contributed by atoms with E-state index < -0.39 is 0 Å². The van der Waals surface area contributed by atoms with Crippen molar-refractivity contribution in [3.63, 3.8) is 0 Å². The van der Waals surface area contributed by atoms with Crippen molar-refractivity contribution in [1.82, 2.24) is 0 Å². The van der Waals surface area contributed by atoms with Crippen LogP contribution in [-0.2, 0) is 12.8 Å². The van der Waals surface area contributed by atoms with Gasteiger partial charge >= 0.3 is 0 Å². The number of unbranched alkanes of at least 4 members (excludes halogenated alkanes) is 1. The van der Waals surface area contributed by atoms with Gasteiger partial charge in [-0.15, -0.1) is 0 Å². The third-order valence-corrected chi connectivity index (χ3v) is 6.81. The molecule has 5 rings (SSSR count). The molecule has 5 aromatic carbocycles. The van der Waals surface area contributed by atoms with Gasteiger partial charge in [-0.05, 0) is 84.3 Å². The summed E-state index contributed by atoms with van der Waals surface area (Å²) >= 11 is 0. The highest BCUT2D eigenvalue weighted by atomic mass is 15.1. The Hall–Kier alpha value is -4.36. The zero-order chi connectivity index (χ0) is 25.3. The highest BCUT2D eigenvalue weighted by Gasteiger charge is 2.17. The van der Waals surface area contributed by atoms with Gasteiger partial charge in [-0.3, -0.25) is 0 Å². The van der Waals surface area contributed by atoms with Crippen molar-refractivity contribution in [3.05, 3.63) is 157 Å². The van der Waals surface area contributed by atoms with E-state index in [4.69, 9.17) is 0 Å². The van der Waals surface area contributed by atoms with E-state index in [2.05, 4.69) is 145 Å². The average Bonchev–Trinajstić information content (AvgIpc) is 2.98. The monoisotopic (exact) mass is 479 g/mol. The molecule has 0 unspecified atom stereocenters. The first-order valence-corrected chi connectivity index (χ1v) is 13.1. The maximum atomic E-state index is 3.85. The molecule has 0 amide bonds. The molecule has 0 aliphatic rings. The quantitative estimate of drug-likeness (QED) is 0.180. The summed E-state index contributed by atoms with van der Waals surface area (Å²) in [7, 11) is 0. The van der Waals surface area contributed by atoms with Crippen molar-refractivity contribution in [2.24, 2.45) is 0 Å². The Labute approximate surface area is 221 Å². The number of hydrogen-bond acceptors (Lipinski definition) is 1. The molecule has 0 fully saturated rings. The Kier molecular flexibility index (Phi) is 7.93. The minimum Gasteiger partial charge on any atom is -0.310 e. The van der Waals surface area contributed by atoms with Gasteiger partial charge in [0.1, 0.15) is 0 Å². The molecule has 0 N–H and O–H groups in total. The van der Waals surface area contributed by atoms with Crippen molar-refractivity contribution in [1.29, 1.82) is 0 Å². The van der Waals surface area contributed by atoms with E-state index in [1.54, 1.807) is 0 Å². The van der Waals surface area contributed by atoms with E-state index in [0.29, 0.717) is 0 Å². The van der Waals surface area contributed by atoms with Gasteiger partial charge in [0, 0.05) is 16.9 Å². The molecule has 5 aromatic rings. The number of nitrogens with zero attached hydrogens (tertiary/aromatic N) is 1. The standard InChI is InChI=1S/C36H33N/c1-2-29-22-24-30(25-23-29)14-12-13-15-31-26-27-36(35(28-31)32-16-6-3-7-17-32)37(33-18-8-4-9-19-33)34-20-10-5-11-21-34/h2-11,16-28H,1,12-15H2. The summed E-state index contributed by atoms with van der Waals surface area (Å²) < 4.78 is 0. The molecule has 0 aromatic heterocycles. The van der Waals surface area contributed by atoms with Crippen molar-refractivity contribution in [2.45, 2.75) is 25.7 Å². The Balaban J connectivity index is 1.43. The zero-order valence-corrected chi connectivity index (χ0v) is 21.3. The lowest BCUT2D eigenvalue weighted by atomic mass is 9.96. The average molecular weight is 480 g/mol. The molecule has 1 nitrogen and oxygen atoms in total. The van der Waals surface area contributed by atoms with Crippen molar-refractivity contribution in [2.75, 3.05) is 4.90 Å². The Morgan fingerprint density at radius 3 is 1.62 bits per heavy atom. The molecule has 0 aliphatic carbocycles. The van der Waals surface area contributed by atoms with Crippen LogP contribution in [0.4, 0.5) is 17.1 Å². The fraction of sp³-hybridized carbons (Fsp3) is 0.111. The van der Waals surface area contributed by atoms with E-state index >= 15 is 0 Å². The molecule has 0 bridgehead atoms. The summed E-state index contributed by atoms with van der Waals surface area (Å²) in [4.78, 5) is 2.36. The molecule has 0 saturated carbocycles. The summed E-state index contributed by atoms with van der Waals surface area (Å²) in [6.45, 7) is 3.85. The maximum Gasteiger partial charge on any atom is 0.0540 e. The minimum atomic E-state index is 1.07. The number of benzene rings is 5. The molecular formula is C36H33N. The van der Waals surface area contributed by atoms with Crippen LogP contribution in [-0.4, -0.2) is 0 Å². The first-order valence-electron chi connectivity index (χ1n) is 13.1. The van der Waals surface area contributed by atoms with Gasteiger partial charge in [-0.25, -0.2) is 0 Å². The summed E-state index contributed by atoms with van der Waals surface area (Å²) in [5.74, 6) is 0. The molecule has 0 spiro atoms. The smallest absolute Gasteiger partial charge is 0.0540 e. The lowest BCUT2D eigenvalue weighted by Crippen LogP contribution is -2.11. The van der Waals surface area contributed by atoms with E-state index in [1.165, 1.54) is 39.9 Å². The summed E-state index contributed by atoms with van der Waals surface area (Å²) in [6.07, 6.45) is 6.42. The molecule has 0 heterocycles. The largest absolute Gasteiger partial charge is 0.310 e. The summed E-state index contributed by atoms with van der Waals surface area (Å²) in [6, 6.07) is 47.8. The molecule has 1 heteroatoms. The Morgan fingerprint density at radius 1 is 0.541 bits per heavy atom. The molecule has 37 heavy (non-hydrogen) atoms. The van der Waals surface area contributed by atoms with Crippen LogP contribution in [0.5, 0.6) is 0 Å². The van der Waals surface area contributed by atoms with Crippen LogP contribution in [0, 0.1) is 0 Å². The van der Waals surface area contributed by atoms with Gasteiger partial charge in [0.15, 0.2) is 0 Å². The minimum absolute atomic E-state index is 1.07. The Morgan fingerprint density at radius 2 is 1.05 bits per heavy atom. The van der Waals surface area contributed by atoms with Crippen molar-refractivity contribution < 1.29 is 0 Å². The van der Waals surface area contributed by atoms with Gasteiger partial charge in [0.05, 0.1) is 5.69 Å². The second kappa shape index (κ2) is 12.1. The van der Waals surface area contributed by atoms with Crippen LogP contribution in [0.15, 0.2) is 140 Å². The lowest BCUT2D eigenvalue weighted by molar-refractivity contribution is 0.734. The molecule has 0 radical (unpaired) electrons. The molecular weight excluding hydrogens is 446 g/mol. The third kappa shape index (κ3) is 6.08. The number of hydrogen-bond donors (Lipinski definition) is 0. The fourth-order valence-corrected chi connectivity index (χ4v) is 4.84. The summed E-state index contributed by atoms with van der Waals surface area (Å²) in [5.41, 5.74) is 9.94. The summed E-state index contributed by atoms with van der Waals surface area (Å²) in [5, 5.41) is 0. The lowest BCUT2D eigenvalue weighted by Gasteiger charge is -2.28. The van der Waals surface area contributed by atoms with Gasteiger partial charge in [-0.1, -0.05) is 110 Å². The highest BCUT2D eigenvalue weighted by molar-refractivity contribution is 5.88. The highest BCUT2D eigenvalue weighted by Crippen LogP contribution is 2.41. The fourth-order valence-electron chi connectivity index (χ4n) is 4.84. The number of rotatable bonds is 10. The number of anilines is 3. The van der Waals surface area contributed by atoms with Gasteiger partial charge in [-0.2, -0.15) is 0 Å². The van der Waals surface area contributed by atoms with Crippen LogP contribution < -0.4 is 4.90 Å². The normalized spacial score (nSPS) is 10.7. The van der Waals surface area contributed by atoms with Crippen LogP contribution in [0.25, 0.3) is 17.2 Å². The van der Waals surface area contributed by atoms with Crippen molar-refractivity contribution >= 4 is 23.1 Å². The number of aryl methyl sites for hydroxylation is 2. The zero-order valence-electron chi connectivity index (χ0n) is 21.3. The van der Waals surface area contributed by atoms with E-state index in [1.807, 2.05) is 6.08 Å². The molecule has 0 aliphatic heterocycles. The second-order valence-corrected chi connectivity index (χ2v) is 9.38. The van der Waals surface area contributed by atoms with Gasteiger partial charge in [0.2, 0.25) is 0 Å².